The molecule has 4 heterocycles. The highest BCUT2D eigenvalue weighted by Crippen LogP contribution is 2.31. The number of aromatic nitrogens is 3. The standard InChI is InChI=1S/C22H25ClN6O/c23-19-10-13(15-12-26-21-14(15)4-3-8-25-21)11-20(29-19)27-16-5-1-2-6-17(16)28-22(30)18-7-9-24-18/h3-4,8,10-12,16-18,24H,1-2,5-7,9H2,(H,25,26)(H,27,29)(H,28,30)/t16-,17-,18?/m0/s1. The number of fused-ring (bicyclic) bond motifs is 1. The van der Waals surface area contributed by atoms with Crippen molar-refractivity contribution in [1.29, 1.82) is 0 Å². The number of nitrogens with zero attached hydrogens (tertiary/aromatic N) is 2. The van der Waals surface area contributed by atoms with Crippen LogP contribution in [0.2, 0.25) is 5.15 Å². The lowest BCUT2D eigenvalue weighted by Crippen LogP contribution is -2.58. The number of rotatable bonds is 5. The third kappa shape index (κ3) is 3.87. The van der Waals surface area contributed by atoms with Crippen LogP contribution in [0.3, 0.4) is 0 Å². The minimum atomic E-state index is -0.0426. The average molecular weight is 425 g/mol. The molecular weight excluding hydrogens is 400 g/mol. The van der Waals surface area contributed by atoms with Crippen molar-refractivity contribution in [2.24, 2.45) is 0 Å². The average Bonchev–Trinajstić information content (AvgIpc) is 3.12. The van der Waals surface area contributed by atoms with Gasteiger partial charge in [0, 0.05) is 35.4 Å². The van der Waals surface area contributed by atoms with Crippen LogP contribution in [0.15, 0.2) is 36.7 Å². The molecule has 3 atom stereocenters. The maximum absolute atomic E-state index is 12.4. The highest BCUT2D eigenvalue weighted by Gasteiger charge is 2.31. The molecule has 0 bridgehead atoms. The highest BCUT2D eigenvalue weighted by molar-refractivity contribution is 6.29. The molecule has 5 rings (SSSR count). The van der Waals surface area contributed by atoms with E-state index in [0.29, 0.717) is 5.15 Å². The van der Waals surface area contributed by atoms with Crippen LogP contribution in [0.5, 0.6) is 0 Å². The molecule has 3 aromatic rings. The Kier molecular flexibility index (Phi) is 5.31. The van der Waals surface area contributed by atoms with Gasteiger partial charge in [0.05, 0.1) is 6.04 Å². The van der Waals surface area contributed by atoms with Gasteiger partial charge in [-0.1, -0.05) is 24.4 Å². The van der Waals surface area contributed by atoms with Gasteiger partial charge in [0.1, 0.15) is 16.6 Å². The molecule has 1 saturated carbocycles. The summed E-state index contributed by atoms with van der Waals surface area (Å²) in [4.78, 5) is 24.5. The van der Waals surface area contributed by atoms with E-state index in [1.165, 1.54) is 0 Å². The number of carbonyl (C=O) groups is 1. The first kappa shape index (κ1) is 19.3. The number of carbonyl (C=O) groups excluding carboxylic acids is 1. The third-order valence-corrected chi connectivity index (χ3v) is 6.32. The van der Waals surface area contributed by atoms with Crippen molar-refractivity contribution in [3.8, 4) is 11.1 Å². The van der Waals surface area contributed by atoms with E-state index in [1.807, 2.05) is 30.5 Å². The molecule has 156 valence electrons. The number of hydrogen-bond acceptors (Lipinski definition) is 5. The molecule has 0 aromatic carbocycles. The summed E-state index contributed by atoms with van der Waals surface area (Å²) in [6.45, 7) is 0.920. The Balaban J connectivity index is 1.37. The Morgan fingerprint density at radius 1 is 1.17 bits per heavy atom. The maximum Gasteiger partial charge on any atom is 0.237 e. The van der Waals surface area contributed by atoms with E-state index in [0.717, 1.165) is 66.6 Å². The number of nitrogens with one attached hydrogen (secondary N) is 4. The van der Waals surface area contributed by atoms with Crippen molar-refractivity contribution in [2.45, 2.75) is 50.2 Å². The summed E-state index contributed by atoms with van der Waals surface area (Å²) in [5, 5.41) is 11.4. The lowest BCUT2D eigenvalue weighted by Gasteiger charge is -2.35. The Bertz CT molecular complexity index is 1060. The second kappa shape index (κ2) is 8.24. The third-order valence-electron chi connectivity index (χ3n) is 6.12. The Morgan fingerprint density at radius 2 is 2.00 bits per heavy atom. The number of pyridine rings is 2. The van der Waals surface area contributed by atoms with Crippen LogP contribution in [0.4, 0.5) is 5.82 Å². The number of amides is 1. The van der Waals surface area contributed by atoms with Gasteiger partial charge in [-0.15, -0.1) is 0 Å². The predicted molar refractivity (Wildman–Crippen MR) is 119 cm³/mol. The summed E-state index contributed by atoms with van der Waals surface area (Å²) in [5.41, 5.74) is 2.86. The minimum Gasteiger partial charge on any atom is -0.365 e. The molecule has 3 aromatic heterocycles. The molecule has 2 fully saturated rings. The molecule has 1 aliphatic carbocycles. The van der Waals surface area contributed by atoms with Crippen molar-refractivity contribution < 1.29 is 4.79 Å². The summed E-state index contributed by atoms with van der Waals surface area (Å²) in [5.74, 6) is 0.828. The van der Waals surface area contributed by atoms with E-state index < -0.39 is 0 Å². The first-order valence-electron chi connectivity index (χ1n) is 10.6. The van der Waals surface area contributed by atoms with Crippen LogP contribution in [0.25, 0.3) is 22.2 Å². The first-order chi connectivity index (χ1) is 14.7. The fraction of sp³-hybridized carbons (Fsp3) is 0.409. The zero-order valence-electron chi connectivity index (χ0n) is 16.6. The number of aromatic amines is 1. The quantitative estimate of drug-likeness (QED) is 0.470. The topological polar surface area (TPSA) is 94.7 Å². The van der Waals surface area contributed by atoms with Crippen molar-refractivity contribution in [3.05, 3.63) is 41.8 Å². The highest BCUT2D eigenvalue weighted by atomic mass is 35.5. The van der Waals surface area contributed by atoms with Crippen molar-refractivity contribution in [1.82, 2.24) is 25.6 Å². The number of hydrogen-bond donors (Lipinski definition) is 4. The molecular formula is C22H25ClN6O. The Morgan fingerprint density at radius 3 is 2.80 bits per heavy atom. The summed E-state index contributed by atoms with van der Waals surface area (Å²) in [6.07, 6.45) is 8.84. The van der Waals surface area contributed by atoms with Crippen molar-refractivity contribution >= 4 is 34.4 Å². The second-order valence-electron chi connectivity index (χ2n) is 8.11. The maximum atomic E-state index is 12.4. The zero-order chi connectivity index (χ0) is 20.5. The van der Waals surface area contributed by atoms with Crippen LogP contribution in [0, 0.1) is 0 Å². The van der Waals surface area contributed by atoms with E-state index in [4.69, 9.17) is 11.6 Å². The fourth-order valence-corrected chi connectivity index (χ4v) is 4.59. The van der Waals surface area contributed by atoms with Crippen LogP contribution in [0.1, 0.15) is 32.1 Å². The SMILES string of the molecule is O=C(N[C@H]1CCCC[C@@H]1Nc1cc(-c2c[nH]c3ncccc23)cc(Cl)n1)C1CCN1. The summed E-state index contributed by atoms with van der Waals surface area (Å²) >= 11 is 6.37. The van der Waals surface area contributed by atoms with Crippen LogP contribution < -0.4 is 16.0 Å². The molecule has 1 amide bonds. The monoisotopic (exact) mass is 424 g/mol. The molecule has 1 aliphatic heterocycles. The van der Waals surface area contributed by atoms with Gasteiger partial charge >= 0.3 is 0 Å². The van der Waals surface area contributed by atoms with Crippen molar-refractivity contribution in [2.75, 3.05) is 11.9 Å². The van der Waals surface area contributed by atoms with E-state index in [1.54, 1.807) is 6.20 Å². The first-order valence-corrected chi connectivity index (χ1v) is 11.0. The second-order valence-corrected chi connectivity index (χ2v) is 8.50. The molecule has 0 radical (unpaired) electrons. The molecule has 4 N–H and O–H groups in total. The van der Waals surface area contributed by atoms with Crippen LogP contribution in [-0.2, 0) is 4.79 Å². The molecule has 0 spiro atoms. The van der Waals surface area contributed by atoms with E-state index in [9.17, 15) is 4.79 Å². The molecule has 1 unspecified atom stereocenters. The molecule has 7 nitrogen and oxygen atoms in total. The van der Waals surface area contributed by atoms with Gasteiger partial charge in [0.15, 0.2) is 0 Å². The van der Waals surface area contributed by atoms with Crippen LogP contribution in [-0.4, -0.2) is 45.5 Å². The van der Waals surface area contributed by atoms with E-state index in [2.05, 4.69) is 30.9 Å². The van der Waals surface area contributed by atoms with Gasteiger partial charge in [-0.05, 0) is 55.6 Å². The van der Waals surface area contributed by atoms with E-state index >= 15 is 0 Å². The zero-order valence-corrected chi connectivity index (χ0v) is 17.4. The fourth-order valence-electron chi connectivity index (χ4n) is 4.38. The van der Waals surface area contributed by atoms with Gasteiger partial charge in [-0.3, -0.25) is 4.79 Å². The predicted octanol–water partition coefficient (Wildman–Crippen LogP) is 3.48. The van der Waals surface area contributed by atoms with Gasteiger partial charge in [-0.2, -0.15) is 0 Å². The van der Waals surface area contributed by atoms with Crippen LogP contribution >= 0.6 is 11.6 Å². The smallest absolute Gasteiger partial charge is 0.237 e. The Hall–Kier alpha value is -2.64. The molecule has 8 heteroatoms. The lowest BCUT2D eigenvalue weighted by molar-refractivity contribution is -0.125. The summed E-state index contributed by atoms with van der Waals surface area (Å²) in [7, 11) is 0. The summed E-state index contributed by atoms with van der Waals surface area (Å²) < 4.78 is 0. The van der Waals surface area contributed by atoms with Gasteiger partial charge < -0.3 is 20.9 Å². The molecule has 30 heavy (non-hydrogen) atoms. The number of H-pyrrole nitrogens is 1. The van der Waals surface area contributed by atoms with Crippen molar-refractivity contribution in [3.63, 3.8) is 0 Å². The lowest BCUT2D eigenvalue weighted by atomic mass is 9.89. The van der Waals surface area contributed by atoms with Gasteiger partial charge in [0.2, 0.25) is 5.91 Å². The Labute approximate surface area is 180 Å². The summed E-state index contributed by atoms with van der Waals surface area (Å²) in [6, 6.07) is 8.03. The van der Waals surface area contributed by atoms with E-state index in [-0.39, 0.29) is 24.0 Å². The normalized spacial score (nSPS) is 23.7. The molecule has 2 aliphatic rings. The minimum absolute atomic E-state index is 0.0426. The van der Waals surface area contributed by atoms with Gasteiger partial charge in [0.25, 0.3) is 0 Å². The molecule has 1 saturated heterocycles. The number of anilines is 1. The largest absolute Gasteiger partial charge is 0.365 e. The number of halogens is 1. The van der Waals surface area contributed by atoms with Gasteiger partial charge in [-0.25, -0.2) is 9.97 Å².